The fraction of sp³-hybridized carbons (Fsp3) is 0.457. The Balaban J connectivity index is 1.71. The predicted octanol–water partition coefficient (Wildman–Crippen LogP) is 7.78. The van der Waals surface area contributed by atoms with Gasteiger partial charge in [-0.1, -0.05) is 53.7 Å². The van der Waals surface area contributed by atoms with Gasteiger partial charge in [0.25, 0.3) is 0 Å². The number of methoxy groups -OCH3 is 1. The molecule has 0 aliphatic rings. The van der Waals surface area contributed by atoms with Crippen molar-refractivity contribution in [3.63, 3.8) is 0 Å². The van der Waals surface area contributed by atoms with Crippen molar-refractivity contribution in [2.75, 3.05) is 27.1 Å². The summed E-state index contributed by atoms with van der Waals surface area (Å²) in [5.41, 5.74) is 5.33. The Labute approximate surface area is 250 Å². The van der Waals surface area contributed by atoms with Gasteiger partial charge in [0.2, 0.25) is 0 Å². The first-order valence-corrected chi connectivity index (χ1v) is 14.5. The minimum absolute atomic E-state index is 0.0889. The summed E-state index contributed by atoms with van der Waals surface area (Å²) in [6.07, 6.45) is 4.28. The van der Waals surface area contributed by atoms with E-state index in [9.17, 15) is 10.1 Å². The number of unbranched alkanes of at least 4 members (excludes halogenated alkanes) is 1. The van der Waals surface area contributed by atoms with Crippen LogP contribution >= 0.6 is 0 Å². The molecule has 0 fully saturated rings. The smallest absolute Gasteiger partial charge is 0.340 e. The summed E-state index contributed by atoms with van der Waals surface area (Å²) < 4.78 is 22.5. The van der Waals surface area contributed by atoms with Gasteiger partial charge < -0.3 is 18.9 Å². The molecule has 0 saturated heterocycles. The number of carbonyl (C=O) groups excluding carboxylic acids is 1. The molecule has 224 valence electrons. The van der Waals surface area contributed by atoms with E-state index in [2.05, 4.69) is 64.7 Å². The topological polar surface area (TPSA) is 90.7 Å². The molecule has 7 nitrogen and oxygen atoms in total. The Morgan fingerprint density at radius 1 is 0.952 bits per heavy atom. The molecule has 1 heterocycles. The summed E-state index contributed by atoms with van der Waals surface area (Å²) in [5.74, 6) is 0.983. The third-order valence-electron chi connectivity index (χ3n) is 6.88. The average molecular weight is 573 g/mol. The van der Waals surface area contributed by atoms with Crippen molar-refractivity contribution >= 4 is 5.97 Å². The molecule has 0 unspecified atom stereocenters. The summed E-state index contributed by atoms with van der Waals surface area (Å²) in [6, 6.07) is 15.4. The van der Waals surface area contributed by atoms with Crippen LogP contribution in [0.1, 0.15) is 93.9 Å². The molecule has 0 aliphatic heterocycles. The molecule has 0 radical (unpaired) electrons. The Morgan fingerprint density at radius 2 is 1.64 bits per heavy atom. The quantitative estimate of drug-likeness (QED) is 0.124. The highest BCUT2D eigenvalue weighted by molar-refractivity contribution is 5.96. The van der Waals surface area contributed by atoms with Crippen LogP contribution in [0.2, 0.25) is 0 Å². The van der Waals surface area contributed by atoms with Gasteiger partial charge in [0, 0.05) is 30.0 Å². The standard InChI is InChI=1S/C35H44N2O5/c1-9-40-33(38)27-14-12-17-37-31(27)25-15-16-30(26(21-25)22-36)41-18-11-10-13-24-19-28(34(2,3)4)32(42-23-39-8)29(20-24)35(5,6)7/h12,14-17,19-21H,9-11,13,18,23H2,1-8H3. The van der Waals surface area contributed by atoms with Gasteiger partial charge >= 0.3 is 5.97 Å². The molecule has 1 aromatic heterocycles. The van der Waals surface area contributed by atoms with Gasteiger partial charge in [0.1, 0.15) is 17.6 Å². The number of nitrogens with zero attached hydrogens (tertiary/aromatic N) is 2. The Kier molecular flexibility index (Phi) is 11.1. The van der Waals surface area contributed by atoms with E-state index in [0.29, 0.717) is 34.7 Å². The lowest BCUT2D eigenvalue weighted by molar-refractivity contribution is 0.0484. The van der Waals surface area contributed by atoms with Crippen LogP contribution in [0.5, 0.6) is 11.5 Å². The zero-order valence-electron chi connectivity index (χ0n) is 26.3. The van der Waals surface area contributed by atoms with Crippen molar-refractivity contribution in [2.45, 2.75) is 78.6 Å². The number of nitriles is 1. The van der Waals surface area contributed by atoms with Crippen LogP contribution in [0.3, 0.4) is 0 Å². The largest absolute Gasteiger partial charge is 0.492 e. The van der Waals surface area contributed by atoms with Gasteiger partial charge in [-0.15, -0.1) is 0 Å². The third kappa shape index (κ3) is 8.33. The molecule has 0 N–H and O–H groups in total. The van der Waals surface area contributed by atoms with Crippen molar-refractivity contribution in [1.82, 2.24) is 4.98 Å². The lowest BCUT2D eigenvalue weighted by Crippen LogP contribution is -2.21. The van der Waals surface area contributed by atoms with Crippen LogP contribution in [0, 0.1) is 11.3 Å². The molecule has 7 heteroatoms. The van der Waals surface area contributed by atoms with Crippen molar-refractivity contribution in [3.05, 3.63) is 76.5 Å². The van der Waals surface area contributed by atoms with E-state index in [1.165, 1.54) is 16.7 Å². The number of rotatable bonds is 12. The molecule has 0 bridgehead atoms. The number of pyridine rings is 1. The van der Waals surface area contributed by atoms with Gasteiger partial charge in [-0.3, -0.25) is 4.98 Å². The Morgan fingerprint density at radius 3 is 2.24 bits per heavy atom. The van der Waals surface area contributed by atoms with Crippen molar-refractivity contribution in [3.8, 4) is 28.8 Å². The number of carbonyl (C=O) groups is 1. The number of esters is 1. The van der Waals surface area contributed by atoms with E-state index in [4.69, 9.17) is 18.9 Å². The number of hydrogen-bond donors (Lipinski definition) is 0. The molecule has 0 spiro atoms. The van der Waals surface area contributed by atoms with Crippen molar-refractivity contribution < 1.29 is 23.7 Å². The number of hydrogen-bond acceptors (Lipinski definition) is 7. The number of ether oxygens (including phenoxy) is 4. The molecular weight excluding hydrogens is 528 g/mol. The Bertz CT molecular complexity index is 1380. The van der Waals surface area contributed by atoms with E-state index >= 15 is 0 Å². The summed E-state index contributed by atoms with van der Waals surface area (Å²) in [7, 11) is 1.64. The lowest BCUT2D eigenvalue weighted by atomic mass is 9.78. The summed E-state index contributed by atoms with van der Waals surface area (Å²) in [4.78, 5) is 16.8. The molecule has 0 atom stereocenters. The van der Waals surface area contributed by atoms with E-state index in [-0.39, 0.29) is 24.2 Å². The summed E-state index contributed by atoms with van der Waals surface area (Å²) in [6.45, 7) is 16.0. The zero-order chi connectivity index (χ0) is 30.9. The van der Waals surface area contributed by atoms with Gasteiger partial charge in [-0.2, -0.15) is 5.26 Å². The second kappa shape index (κ2) is 14.3. The SMILES string of the molecule is CCOC(=O)c1cccnc1-c1ccc(OCCCCc2cc(C(C)(C)C)c(OCOC)c(C(C)(C)C)c2)c(C#N)c1. The van der Waals surface area contributed by atoms with Gasteiger partial charge in [0.15, 0.2) is 6.79 Å². The molecule has 0 amide bonds. The van der Waals surface area contributed by atoms with Crippen LogP contribution < -0.4 is 9.47 Å². The van der Waals surface area contributed by atoms with Crippen LogP contribution in [-0.4, -0.2) is 38.1 Å². The minimum Gasteiger partial charge on any atom is -0.492 e. The Hall–Kier alpha value is -3.89. The normalized spacial score (nSPS) is 11.6. The van der Waals surface area contributed by atoms with Gasteiger partial charge in [0.05, 0.1) is 30.0 Å². The van der Waals surface area contributed by atoms with Crippen molar-refractivity contribution in [1.29, 1.82) is 5.26 Å². The van der Waals surface area contributed by atoms with E-state index in [1.807, 2.05) is 6.07 Å². The fourth-order valence-corrected chi connectivity index (χ4v) is 4.73. The lowest BCUT2D eigenvalue weighted by Gasteiger charge is -2.30. The highest BCUT2D eigenvalue weighted by Gasteiger charge is 2.28. The zero-order valence-corrected chi connectivity index (χ0v) is 26.3. The van der Waals surface area contributed by atoms with Crippen LogP contribution in [0.15, 0.2) is 48.7 Å². The second-order valence-electron chi connectivity index (χ2n) is 12.3. The first kappa shape index (κ1) is 32.6. The van der Waals surface area contributed by atoms with Gasteiger partial charge in [-0.25, -0.2) is 4.79 Å². The summed E-state index contributed by atoms with van der Waals surface area (Å²) >= 11 is 0. The number of benzene rings is 2. The second-order valence-corrected chi connectivity index (χ2v) is 12.3. The van der Waals surface area contributed by atoms with Crippen LogP contribution in [-0.2, 0) is 26.7 Å². The van der Waals surface area contributed by atoms with Gasteiger partial charge in [-0.05, 0) is 72.9 Å². The molecule has 3 rings (SSSR count). The highest BCUT2D eigenvalue weighted by Crippen LogP contribution is 2.41. The molecular formula is C35H44N2O5. The van der Waals surface area contributed by atoms with E-state index in [1.54, 1.807) is 44.5 Å². The number of aromatic nitrogens is 1. The maximum absolute atomic E-state index is 12.4. The molecule has 42 heavy (non-hydrogen) atoms. The fourth-order valence-electron chi connectivity index (χ4n) is 4.73. The van der Waals surface area contributed by atoms with Crippen LogP contribution in [0.4, 0.5) is 0 Å². The molecule has 0 saturated carbocycles. The van der Waals surface area contributed by atoms with E-state index in [0.717, 1.165) is 25.0 Å². The third-order valence-corrected chi connectivity index (χ3v) is 6.88. The maximum atomic E-state index is 12.4. The first-order valence-electron chi connectivity index (χ1n) is 14.5. The number of aryl methyl sites for hydroxylation is 1. The molecule has 2 aromatic carbocycles. The molecule has 3 aromatic rings. The van der Waals surface area contributed by atoms with Crippen LogP contribution in [0.25, 0.3) is 11.3 Å². The van der Waals surface area contributed by atoms with E-state index < -0.39 is 5.97 Å². The average Bonchev–Trinajstić information content (AvgIpc) is 2.95. The minimum atomic E-state index is -0.444. The molecule has 0 aliphatic carbocycles. The summed E-state index contributed by atoms with van der Waals surface area (Å²) in [5, 5.41) is 9.80. The monoisotopic (exact) mass is 572 g/mol. The predicted molar refractivity (Wildman–Crippen MR) is 165 cm³/mol. The van der Waals surface area contributed by atoms with Crippen molar-refractivity contribution in [2.24, 2.45) is 0 Å². The highest BCUT2D eigenvalue weighted by atomic mass is 16.7. The maximum Gasteiger partial charge on any atom is 0.340 e. The first-order chi connectivity index (χ1) is 19.9.